The van der Waals surface area contributed by atoms with E-state index in [1.807, 2.05) is 32.0 Å². The molecule has 230 valence electrons. The highest BCUT2D eigenvalue weighted by atomic mass is 32.2. The minimum absolute atomic E-state index is 0.0712. The summed E-state index contributed by atoms with van der Waals surface area (Å²) in [6, 6.07) is 16.9. The molecule has 2 N–H and O–H groups in total. The number of nitrogens with zero attached hydrogens (tertiary/aromatic N) is 4. The Balaban J connectivity index is 1.45. The highest BCUT2D eigenvalue weighted by Crippen LogP contribution is 2.26. The number of alkyl halides is 3. The molecule has 0 bridgehead atoms. The topological polar surface area (TPSA) is 120 Å². The second-order valence-electron chi connectivity index (χ2n) is 10.6. The van der Waals surface area contributed by atoms with Gasteiger partial charge in [0.2, 0.25) is 5.17 Å². The van der Waals surface area contributed by atoms with Crippen LogP contribution in [0.25, 0.3) is 17.1 Å². The van der Waals surface area contributed by atoms with Crippen LogP contribution in [0.3, 0.4) is 0 Å². The summed E-state index contributed by atoms with van der Waals surface area (Å²) in [7, 11) is 0. The van der Waals surface area contributed by atoms with Gasteiger partial charge in [-0.25, -0.2) is 14.5 Å². The average Bonchev–Trinajstić information content (AvgIpc) is 3.43. The van der Waals surface area contributed by atoms with E-state index in [0.29, 0.717) is 34.8 Å². The van der Waals surface area contributed by atoms with Gasteiger partial charge in [-0.05, 0) is 94.3 Å². The fraction of sp³-hybridized carbons (Fsp3) is 0.233. The number of anilines is 2. The van der Waals surface area contributed by atoms with Gasteiger partial charge in [-0.15, -0.1) is 18.3 Å². The molecule has 1 aromatic heterocycles. The van der Waals surface area contributed by atoms with E-state index in [1.54, 1.807) is 45.0 Å². The number of aromatic nitrogens is 3. The lowest BCUT2D eigenvalue weighted by molar-refractivity contribution is -0.274. The van der Waals surface area contributed by atoms with Crippen molar-refractivity contribution in [3.63, 3.8) is 0 Å². The molecular weight excluding hydrogens is 597 g/mol. The summed E-state index contributed by atoms with van der Waals surface area (Å²) in [6.45, 7) is 8.96. The summed E-state index contributed by atoms with van der Waals surface area (Å²) in [5, 5.41) is 10.2. The van der Waals surface area contributed by atoms with Crippen molar-refractivity contribution < 1.29 is 31.7 Å². The first-order valence-corrected chi connectivity index (χ1v) is 13.9. The molecule has 44 heavy (non-hydrogen) atoms. The minimum Gasteiger partial charge on any atom is -0.406 e. The van der Waals surface area contributed by atoms with Crippen LogP contribution in [0.2, 0.25) is 0 Å². The Labute approximate surface area is 255 Å². The molecule has 4 aromatic rings. The van der Waals surface area contributed by atoms with Gasteiger partial charge in [0, 0.05) is 16.9 Å². The molecule has 2 amide bonds. The number of hydrogen-bond donors (Lipinski definition) is 2. The molecular formula is C30H29F3N6O4S. The van der Waals surface area contributed by atoms with E-state index in [4.69, 9.17) is 4.18 Å². The summed E-state index contributed by atoms with van der Waals surface area (Å²) in [5.74, 6) is -0.465. The quantitative estimate of drug-likeness (QED) is 0.131. The SMILES string of the molecule is Cc1cccc(C)c1NC(=NC(=O)Nc1ccc(-c2ncn(-c3ccc(OC(F)(F)F)cc3)n2)cc1)SOC(=O)C(C)(C)C. The zero-order valence-electron chi connectivity index (χ0n) is 24.4. The van der Waals surface area contributed by atoms with Crippen LogP contribution in [0.1, 0.15) is 31.9 Å². The number of benzene rings is 3. The van der Waals surface area contributed by atoms with Gasteiger partial charge >= 0.3 is 18.4 Å². The molecule has 0 saturated heterocycles. The van der Waals surface area contributed by atoms with Crippen molar-refractivity contribution in [3.05, 3.63) is 84.2 Å². The first-order chi connectivity index (χ1) is 20.7. The van der Waals surface area contributed by atoms with Crippen LogP contribution in [0, 0.1) is 19.3 Å². The van der Waals surface area contributed by atoms with Gasteiger partial charge in [0.1, 0.15) is 24.1 Å². The fourth-order valence-corrected chi connectivity index (χ4v) is 4.32. The number of nitrogens with one attached hydrogen (secondary N) is 2. The van der Waals surface area contributed by atoms with Crippen LogP contribution in [-0.2, 0) is 8.98 Å². The minimum atomic E-state index is -4.78. The van der Waals surface area contributed by atoms with E-state index in [2.05, 4.69) is 30.4 Å². The van der Waals surface area contributed by atoms with Gasteiger partial charge in [-0.1, -0.05) is 18.2 Å². The van der Waals surface area contributed by atoms with Crippen LogP contribution in [0.5, 0.6) is 5.75 Å². The number of carbonyl (C=O) groups excluding carboxylic acids is 2. The Bertz CT molecular complexity index is 1640. The van der Waals surface area contributed by atoms with Gasteiger partial charge in [0.15, 0.2) is 5.82 Å². The molecule has 3 aromatic carbocycles. The van der Waals surface area contributed by atoms with E-state index in [-0.39, 0.29) is 10.9 Å². The summed E-state index contributed by atoms with van der Waals surface area (Å²) >= 11 is 0.664. The van der Waals surface area contributed by atoms with Crippen molar-refractivity contribution in [1.82, 2.24) is 14.8 Å². The van der Waals surface area contributed by atoms with Crippen molar-refractivity contribution in [3.8, 4) is 22.8 Å². The van der Waals surface area contributed by atoms with Gasteiger partial charge in [-0.2, -0.15) is 4.99 Å². The number of para-hydroxylation sites is 1. The zero-order valence-corrected chi connectivity index (χ0v) is 25.2. The number of amidine groups is 1. The summed E-state index contributed by atoms with van der Waals surface area (Å²) in [4.78, 5) is 33.5. The molecule has 4 rings (SSSR count). The smallest absolute Gasteiger partial charge is 0.406 e. The lowest BCUT2D eigenvalue weighted by Gasteiger charge is -2.17. The molecule has 0 fully saturated rings. The van der Waals surface area contributed by atoms with Crippen LogP contribution in [-0.4, -0.2) is 38.3 Å². The number of aliphatic imine (C=N–C) groups is 1. The van der Waals surface area contributed by atoms with Gasteiger partial charge in [0.05, 0.1) is 11.1 Å². The van der Waals surface area contributed by atoms with Crippen molar-refractivity contribution in [2.45, 2.75) is 41.0 Å². The molecule has 0 saturated carbocycles. The largest absolute Gasteiger partial charge is 0.573 e. The first kappa shape index (κ1) is 32.1. The maximum absolute atomic E-state index is 12.8. The third-order valence-electron chi connectivity index (χ3n) is 5.95. The van der Waals surface area contributed by atoms with Crippen molar-refractivity contribution in [2.24, 2.45) is 10.4 Å². The standard InChI is InChI=1S/C30H29F3N6O4S/c1-18-7-6-8-19(2)24(18)36-28(44-43-26(40)29(3,4)5)37-27(41)35-21-11-9-20(10-12-21)25-34-17-39(38-25)22-13-15-23(16-14-22)42-30(31,32)33/h6-17H,1-5H3,(H2,35,36,37,41). The van der Waals surface area contributed by atoms with Crippen molar-refractivity contribution >= 4 is 40.6 Å². The van der Waals surface area contributed by atoms with E-state index >= 15 is 0 Å². The predicted octanol–water partition coefficient (Wildman–Crippen LogP) is 7.69. The highest BCUT2D eigenvalue weighted by Gasteiger charge is 2.31. The molecule has 1 heterocycles. The second kappa shape index (κ2) is 13.2. The van der Waals surface area contributed by atoms with E-state index in [1.165, 1.54) is 35.3 Å². The number of hydrogen-bond acceptors (Lipinski definition) is 7. The lowest BCUT2D eigenvalue weighted by atomic mass is 9.98. The molecule has 14 heteroatoms. The van der Waals surface area contributed by atoms with Crippen LogP contribution in [0.15, 0.2) is 78.0 Å². The Morgan fingerprint density at radius 1 is 0.909 bits per heavy atom. The first-order valence-electron chi connectivity index (χ1n) is 13.2. The van der Waals surface area contributed by atoms with E-state index in [9.17, 15) is 22.8 Å². The molecule has 0 atom stereocenters. The molecule has 0 radical (unpaired) electrons. The van der Waals surface area contributed by atoms with Gasteiger partial charge in [0.25, 0.3) is 0 Å². The van der Waals surface area contributed by atoms with E-state index in [0.717, 1.165) is 16.8 Å². The average molecular weight is 627 g/mol. The Kier molecular flexibility index (Phi) is 9.62. The number of carbonyl (C=O) groups is 2. The third-order valence-corrected chi connectivity index (χ3v) is 6.53. The third kappa shape index (κ3) is 8.83. The normalized spacial score (nSPS) is 12.0. The van der Waals surface area contributed by atoms with Crippen molar-refractivity contribution in [2.75, 3.05) is 10.6 Å². The molecule has 0 aliphatic carbocycles. The monoisotopic (exact) mass is 626 g/mol. The predicted molar refractivity (Wildman–Crippen MR) is 163 cm³/mol. The Morgan fingerprint density at radius 3 is 2.14 bits per heavy atom. The molecule has 0 aliphatic rings. The maximum atomic E-state index is 12.8. The fourth-order valence-electron chi connectivity index (χ4n) is 3.65. The Hall–Kier alpha value is -4.85. The van der Waals surface area contributed by atoms with Gasteiger partial charge < -0.3 is 19.6 Å². The van der Waals surface area contributed by atoms with Crippen LogP contribution >= 0.6 is 12.0 Å². The number of ether oxygens (including phenoxy) is 1. The van der Waals surface area contributed by atoms with Crippen LogP contribution in [0.4, 0.5) is 29.3 Å². The van der Waals surface area contributed by atoms with Crippen molar-refractivity contribution in [1.29, 1.82) is 0 Å². The molecule has 10 nitrogen and oxygen atoms in total. The number of urea groups is 1. The summed E-state index contributed by atoms with van der Waals surface area (Å²) in [6.07, 6.45) is -3.35. The molecule has 0 spiro atoms. The highest BCUT2D eigenvalue weighted by molar-refractivity contribution is 8.10. The number of rotatable bonds is 5. The number of amides is 2. The van der Waals surface area contributed by atoms with E-state index < -0.39 is 23.8 Å². The maximum Gasteiger partial charge on any atom is 0.573 e. The summed E-state index contributed by atoms with van der Waals surface area (Å²) in [5.41, 5.74) is 3.37. The molecule has 0 aliphatic heterocycles. The Morgan fingerprint density at radius 2 is 1.55 bits per heavy atom. The lowest BCUT2D eigenvalue weighted by Crippen LogP contribution is -2.23. The number of halogens is 3. The second-order valence-corrected chi connectivity index (χ2v) is 11.3. The zero-order chi connectivity index (χ0) is 32.1. The summed E-state index contributed by atoms with van der Waals surface area (Å²) < 4.78 is 47.9. The molecule has 0 unspecified atom stereocenters. The van der Waals surface area contributed by atoms with Gasteiger partial charge in [-0.3, -0.25) is 4.79 Å². The number of aryl methyl sites for hydroxylation is 2. The van der Waals surface area contributed by atoms with Crippen LogP contribution < -0.4 is 15.4 Å².